The molecule has 0 bridgehead atoms. The number of nitrogens with two attached hydrogens (primary N) is 1. The zero-order valence-electron chi connectivity index (χ0n) is 15.0. The average molecular weight is 420 g/mol. The van der Waals surface area contributed by atoms with Crippen molar-refractivity contribution in [1.29, 1.82) is 0 Å². The lowest BCUT2D eigenvalue weighted by molar-refractivity contribution is -0.00000895. The van der Waals surface area contributed by atoms with Gasteiger partial charge in [-0.25, -0.2) is 23.5 Å². The predicted octanol–water partition coefficient (Wildman–Crippen LogP) is -0.747. The second kappa shape index (κ2) is 10.1. The van der Waals surface area contributed by atoms with Crippen LogP contribution in [0.2, 0.25) is 0 Å². The smallest absolute Gasteiger partial charge is 0.321 e. The largest absolute Gasteiger partial charge is 1.00 e. The van der Waals surface area contributed by atoms with Crippen molar-refractivity contribution in [2.24, 2.45) is 5.14 Å². The van der Waals surface area contributed by atoms with Crippen molar-refractivity contribution in [3.8, 4) is 11.8 Å². The number of rotatable bonds is 8. The topological polar surface area (TPSA) is 107 Å². The fraction of sp³-hybridized carbons (Fsp3) is 0.158. The highest BCUT2D eigenvalue weighted by Crippen LogP contribution is 2.18. The van der Waals surface area contributed by atoms with E-state index in [0.29, 0.717) is 18.3 Å². The first-order valence-corrected chi connectivity index (χ1v) is 9.91. The number of halogens is 1. The molecule has 9 heteroatoms. The van der Waals surface area contributed by atoms with E-state index in [-0.39, 0.29) is 17.3 Å². The molecule has 1 heterocycles. The van der Waals surface area contributed by atoms with Crippen molar-refractivity contribution in [1.82, 2.24) is 15.3 Å². The average Bonchev–Trinajstić information content (AvgIpc) is 2.66. The molecule has 3 aromatic rings. The monoisotopic (exact) mass is 419 g/mol. The Morgan fingerprint density at radius 3 is 2.36 bits per heavy atom. The molecular weight excluding hydrogens is 400 g/mol. The molecule has 0 saturated heterocycles. The third-order valence-electron chi connectivity index (χ3n) is 3.82. The van der Waals surface area contributed by atoms with Crippen LogP contribution in [0.25, 0.3) is 0 Å². The summed E-state index contributed by atoms with van der Waals surface area (Å²) in [5.41, 5.74) is 2.11. The molecule has 0 unspecified atom stereocenters. The molecular formula is C19H20ClN4O3S-. The molecule has 3 rings (SSSR count). The van der Waals surface area contributed by atoms with Gasteiger partial charge in [0.05, 0.1) is 4.90 Å². The summed E-state index contributed by atoms with van der Waals surface area (Å²) in [5.74, 6) is 0.680. The maximum absolute atomic E-state index is 11.3. The number of hydrogen-bond donors (Lipinski definition) is 2. The summed E-state index contributed by atoms with van der Waals surface area (Å²) in [6.07, 6.45) is 4.03. The summed E-state index contributed by atoms with van der Waals surface area (Å²) in [6, 6.07) is 16.4. The second-order valence-electron chi connectivity index (χ2n) is 5.90. The number of nitrogens with zero attached hydrogens (tertiary/aromatic N) is 2. The highest BCUT2D eigenvalue weighted by molar-refractivity contribution is 7.89. The lowest BCUT2D eigenvalue weighted by Crippen LogP contribution is -3.00. The predicted molar refractivity (Wildman–Crippen MR) is 102 cm³/mol. The van der Waals surface area contributed by atoms with Gasteiger partial charge in [-0.3, -0.25) is 0 Å². The molecule has 0 fully saturated rings. The molecule has 0 atom stereocenters. The second-order valence-corrected chi connectivity index (χ2v) is 7.46. The highest BCUT2D eigenvalue weighted by Gasteiger charge is 2.06. The molecule has 0 saturated carbocycles. The third kappa shape index (κ3) is 6.58. The summed E-state index contributed by atoms with van der Waals surface area (Å²) in [7, 11) is -3.64. The highest BCUT2D eigenvalue weighted by atomic mass is 35.5. The van der Waals surface area contributed by atoms with Crippen LogP contribution < -0.4 is 27.6 Å². The molecule has 0 spiro atoms. The van der Waals surface area contributed by atoms with Crippen LogP contribution in [0, 0.1) is 0 Å². The summed E-state index contributed by atoms with van der Waals surface area (Å²) in [6.45, 7) is 1.43. The molecule has 2 aromatic carbocycles. The molecule has 0 radical (unpaired) electrons. The van der Waals surface area contributed by atoms with Gasteiger partial charge in [0.2, 0.25) is 10.0 Å². The van der Waals surface area contributed by atoms with Gasteiger partial charge < -0.3 is 22.5 Å². The molecule has 0 aliphatic rings. The van der Waals surface area contributed by atoms with Crippen LogP contribution in [0.3, 0.4) is 0 Å². The first-order chi connectivity index (χ1) is 13.0. The van der Waals surface area contributed by atoms with Crippen molar-refractivity contribution in [2.45, 2.75) is 17.9 Å². The molecule has 148 valence electrons. The van der Waals surface area contributed by atoms with Gasteiger partial charge >= 0.3 is 6.01 Å². The van der Waals surface area contributed by atoms with E-state index in [4.69, 9.17) is 9.88 Å². The number of aromatic nitrogens is 2. The van der Waals surface area contributed by atoms with Crippen molar-refractivity contribution >= 4 is 10.0 Å². The Hall–Kier alpha value is -2.52. The van der Waals surface area contributed by atoms with Crippen molar-refractivity contribution < 1.29 is 25.6 Å². The summed E-state index contributed by atoms with van der Waals surface area (Å²) in [4.78, 5) is 8.20. The van der Waals surface area contributed by atoms with Gasteiger partial charge in [-0.2, -0.15) is 0 Å². The number of sulfonamides is 1. The fourth-order valence-corrected chi connectivity index (χ4v) is 2.99. The van der Waals surface area contributed by atoms with Crippen molar-refractivity contribution in [3.05, 3.63) is 78.1 Å². The minimum Gasteiger partial charge on any atom is -1.00 e. The van der Waals surface area contributed by atoms with E-state index in [1.165, 1.54) is 12.1 Å². The molecule has 1 aromatic heterocycles. The lowest BCUT2D eigenvalue weighted by atomic mass is 10.1. The lowest BCUT2D eigenvalue weighted by Gasteiger charge is -2.08. The maximum Gasteiger partial charge on any atom is 0.321 e. The van der Waals surface area contributed by atoms with Gasteiger partial charge in [0.1, 0.15) is 5.75 Å². The third-order valence-corrected chi connectivity index (χ3v) is 4.75. The van der Waals surface area contributed by atoms with Gasteiger partial charge in [0, 0.05) is 18.9 Å². The zero-order chi connectivity index (χ0) is 19.1. The normalized spacial score (nSPS) is 10.9. The number of benzene rings is 2. The Bertz CT molecular complexity index is 984. The summed E-state index contributed by atoms with van der Waals surface area (Å²) >= 11 is 0. The van der Waals surface area contributed by atoms with Crippen LogP contribution in [0.5, 0.6) is 11.8 Å². The Morgan fingerprint density at radius 1 is 0.964 bits per heavy atom. The van der Waals surface area contributed by atoms with Gasteiger partial charge in [0.25, 0.3) is 0 Å². The summed E-state index contributed by atoms with van der Waals surface area (Å²) < 4.78 is 28.1. The minimum absolute atomic E-state index is 0. The molecule has 3 N–H and O–H groups in total. The van der Waals surface area contributed by atoms with Crippen LogP contribution in [0.15, 0.2) is 71.9 Å². The van der Waals surface area contributed by atoms with Crippen LogP contribution in [0.4, 0.5) is 0 Å². The van der Waals surface area contributed by atoms with E-state index < -0.39 is 10.0 Å². The van der Waals surface area contributed by atoms with E-state index in [2.05, 4.69) is 15.3 Å². The standard InChI is InChI=1S/C19H20N4O3S.ClH/c20-27(24,25)18-7-5-15(6-8-18)9-12-21-14-16-3-1-4-17(13-16)26-19-22-10-2-11-23-19;/h1-8,10-11,13,21H,9,12,14H2,(H2,20,24,25);1H/p-1. The Kier molecular flexibility index (Phi) is 7.89. The number of ether oxygens (including phenoxy) is 1. The number of primary sulfonamides is 1. The number of nitrogens with one attached hydrogen (secondary N) is 1. The first kappa shape index (κ1) is 21.8. The Labute approximate surface area is 170 Å². The number of hydrogen-bond acceptors (Lipinski definition) is 6. The van der Waals surface area contributed by atoms with E-state index in [9.17, 15) is 8.42 Å². The molecule has 7 nitrogen and oxygen atoms in total. The molecule has 0 amide bonds. The summed E-state index contributed by atoms with van der Waals surface area (Å²) in [5, 5.41) is 8.45. The Balaban J connectivity index is 0.00000280. The van der Waals surface area contributed by atoms with E-state index in [0.717, 1.165) is 24.1 Å². The minimum atomic E-state index is -3.64. The van der Waals surface area contributed by atoms with Gasteiger partial charge in [-0.1, -0.05) is 24.3 Å². The maximum atomic E-state index is 11.3. The van der Waals surface area contributed by atoms with Crippen LogP contribution in [-0.4, -0.2) is 24.9 Å². The SMILES string of the molecule is NS(=O)(=O)c1ccc(CCNCc2cccc(Oc3ncccn3)c2)cc1.[Cl-]. The molecule has 0 aliphatic heterocycles. The van der Waals surface area contributed by atoms with E-state index in [1.54, 1.807) is 30.6 Å². The van der Waals surface area contributed by atoms with Crippen LogP contribution in [-0.2, 0) is 23.0 Å². The zero-order valence-corrected chi connectivity index (χ0v) is 16.5. The van der Waals surface area contributed by atoms with E-state index in [1.807, 2.05) is 24.3 Å². The van der Waals surface area contributed by atoms with Gasteiger partial charge in [-0.15, -0.1) is 0 Å². The van der Waals surface area contributed by atoms with Gasteiger partial charge in [-0.05, 0) is 54.4 Å². The Morgan fingerprint density at radius 2 is 1.68 bits per heavy atom. The van der Waals surface area contributed by atoms with Gasteiger partial charge in [0.15, 0.2) is 0 Å². The van der Waals surface area contributed by atoms with E-state index >= 15 is 0 Å². The van der Waals surface area contributed by atoms with Crippen LogP contribution in [0.1, 0.15) is 11.1 Å². The van der Waals surface area contributed by atoms with Crippen LogP contribution >= 0.6 is 0 Å². The quantitative estimate of drug-likeness (QED) is 0.465. The van der Waals surface area contributed by atoms with Crippen molar-refractivity contribution in [3.63, 3.8) is 0 Å². The van der Waals surface area contributed by atoms with Crippen molar-refractivity contribution in [2.75, 3.05) is 6.54 Å². The first-order valence-electron chi connectivity index (χ1n) is 8.37. The molecule has 0 aliphatic carbocycles. The fourth-order valence-electron chi connectivity index (χ4n) is 2.47. The molecule has 28 heavy (non-hydrogen) atoms.